The van der Waals surface area contributed by atoms with Crippen molar-refractivity contribution >= 4 is 16.7 Å². The number of rotatable bonds is 10. The zero-order valence-corrected chi connectivity index (χ0v) is 14.2. The van der Waals surface area contributed by atoms with E-state index >= 15 is 0 Å². The maximum absolute atomic E-state index is 11.9. The first-order valence-electron chi connectivity index (χ1n) is 8.93. The van der Waals surface area contributed by atoms with Gasteiger partial charge < -0.3 is 4.74 Å². The molecule has 2 aromatic carbocycles. The number of ether oxygens (including phenoxy) is 1. The van der Waals surface area contributed by atoms with Crippen LogP contribution in [0.3, 0.4) is 0 Å². The van der Waals surface area contributed by atoms with E-state index in [9.17, 15) is 4.79 Å². The maximum atomic E-state index is 11.9. The molecule has 2 aromatic rings. The molecule has 0 heterocycles. The highest BCUT2D eigenvalue weighted by Crippen LogP contribution is 2.19. The van der Waals surface area contributed by atoms with E-state index in [-0.39, 0.29) is 5.97 Å². The van der Waals surface area contributed by atoms with Crippen molar-refractivity contribution in [1.82, 2.24) is 0 Å². The molecule has 23 heavy (non-hydrogen) atoms. The summed E-state index contributed by atoms with van der Waals surface area (Å²) in [5.74, 6) is -0.0773. The van der Waals surface area contributed by atoms with Crippen LogP contribution in [0, 0.1) is 0 Å². The normalized spacial score (nSPS) is 10.8. The Labute approximate surface area is 139 Å². The molecule has 0 atom stereocenters. The van der Waals surface area contributed by atoms with Crippen molar-refractivity contribution in [1.29, 1.82) is 0 Å². The average molecular weight is 312 g/mol. The number of benzene rings is 2. The standard InChI is InChI=1S/C21H28O2/c1-2-3-4-5-6-7-8-16-21(22)23-17-19-14-11-13-18-12-9-10-15-20(18)19/h9-15H,2-8,16-17H2,1H3. The number of hydrogen-bond acceptors (Lipinski definition) is 2. The van der Waals surface area contributed by atoms with Gasteiger partial charge in [-0.15, -0.1) is 0 Å². The minimum atomic E-state index is -0.0773. The Morgan fingerprint density at radius 3 is 2.39 bits per heavy atom. The minimum Gasteiger partial charge on any atom is -0.461 e. The summed E-state index contributed by atoms with van der Waals surface area (Å²) in [5.41, 5.74) is 1.08. The third-order valence-corrected chi connectivity index (χ3v) is 4.25. The van der Waals surface area contributed by atoms with Gasteiger partial charge in [0.2, 0.25) is 0 Å². The van der Waals surface area contributed by atoms with Crippen LogP contribution in [-0.4, -0.2) is 5.97 Å². The third kappa shape index (κ3) is 6.05. The molecule has 0 aliphatic heterocycles. The topological polar surface area (TPSA) is 26.3 Å². The Hall–Kier alpha value is -1.83. The van der Waals surface area contributed by atoms with Crippen molar-refractivity contribution in [3.63, 3.8) is 0 Å². The molecule has 0 saturated heterocycles. The maximum Gasteiger partial charge on any atom is 0.306 e. The molecule has 0 aliphatic rings. The van der Waals surface area contributed by atoms with Crippen LogP contribution in [0.2, 0.25) is 0 Å². The van der Waals surface area contributed by atoms with Gasteiger partial charge in [-0.25, -0.2) is 0 Å². The van der Waals surface area contributed by atoms with Gasteiger partial charge in [-0.05, 0) is 22.8 Å². The summed E-state index contributed by atoms with van der Waals surface area (Å²) in [5, 5.41) is 2.35. The molecule has 2 rings (SSSR count). The van der Waals surface area contributed by atoms with Gasteiger partial charge in [0.25, 0.3) is 0 Å². The lowest BCUT2D eigenvalue weighted by Gasteiger charge is -2.08. The molecule has 0 radical (unpaired) electrons. The van der Waals surface area contributed by atoms with Gasteiger partial charge in [0.1, 0.15) is 6.61 Å². The summed E-state index contributed by atoms with van der Waals surface area (Å²) in [6.07, 6.45) is 9.07. The van der Waals surface area contributed by atoms with E-state index in [1.165, 1.54) is 42.9 Å². The highest BCUT2D eigenvalue weighted by atomic mass is 16.5. The van der Waals surface area contributed by atoms with Crippen molar-refractivity contribution in [2.45, 2.75) is 64.9 Å². The van der Waals surface area contributed by atoms with Crippen molar-refractivity contribution < 1.29 is 9.53 Å². The van der Waals surface area contributed by atoms with Crippen molar-refractivity contribution in [2.75, 3.05) is 0 Å². The van der Waals surface area contributed by atoms with Crippen LogP contribution in [0.5, 0.6) is 0 Å². The predicted octanol–water partition coefficient (Wildman–Crippen LogP) is 6.02. The van der Waals surface area contributed by atoms with Crippen LogP contribution in [0.15, 0.2) is 42.5 Å². The minimum absolute atomic E-state index is 0.0773. The first-order chi connectivity index (χ1) is 11.3. The fourth-order valence-corrected chi connectivity index (χ4v) is 2.88. The second-order valence-electron chi connectivity index (χ2n) is 6.17. The van der Waals surface area contributed by atoms with Gasteiger partial charge in [-0.1, -0.05) is 87.9 Å². The molecule has 0 aliphatic carbocycles. The number of unbranched alkanes of at least 4 members (excludes halogenated alkanes) is 6. The molecule has 0 saturated carbocycles. The summed E-state index contributed by atoms with van der Waals surface area (Å²) >= 11 is 0. The van der Waals surface area contributed by atoms with Gasteiger partial charge in [0.15, 0.2) is 0 Å². The quantitative estimate of drug-likeness (QED) is 0.396. The van der Waals surface area contributed by atoms with Gasteiger partial charge >= 0.3 is 5.97 Å². The average Bonchev–Trinajstić information content (AvgIpc) is 2.59. The lowest BCUT2D eigenvalue weighted by molar-refractivity contribution is -0.145. The molecule has 2 heteroatoms. The Bertz CT molecular complexity index is 598. The molecule has 2 nitrogen and oxygen atoms in total. The van der Waals surface area contributed by atoms with Gasteiger partial charge in [-0.2, -0.15) is 0 Å². The lowest BCUT2D eigenvalue weighted by Crippen LogP contribution is -2.04. The zero-order chi connectivity index (χ0) is 16.3. The molecule has 0 fully saturated rings. The predicted molar refractivity (Wildman–Crippen MR) is 96.4 cm³/mol. The number of carbonyl (C=O) groups excluding carboxylic acids is 1. The fraction of sp³-hybridized carbons (Fsp3) is 0.476. The van der Waals surface area contributed by atoms with Crippen molar-refractivity contribution in [2.24, 2.45) is 0 Å². The molecule has 0 N–H and O–H groups in total. The lowest BCUT2D eigenvalue weighted by atomic mass is 10.1. The first-order valence-corrected chi connectivity index (χ1v) is 8.93. The Balaban J connectivity index is 1.68. The van der Waals surface area contributed by atoms with Crippen LogP contribution in [0.1, 0.15) is 63.9 Å². The molecule has 0 amide bonds. The second kappa shape index (κ2) is 10.0. The van der Waals surface area contributed by atoms with E-state index in [1.54, 1.807) is 0 Å². The van der Waals surface area contributed by atoms with Crippen LogP contribution in [0.25, 0.3) is 10.8 Å². The molecule has 124 valence electrons. The number of fused-ring (bicyclic) bond motifs is 1. The summed E-state index contributed by atoms with van der Waals surface area (Å²) in [6.45, 7) is 2.60. The van der Waals surface area contributed by atoms with E-state index in [4.69, 9.17) is 4.74 Å². The monoisotopic (exact) mass is 312 g/mol. The smallest absolute Gasteiger partial charge is 0.306 e. The van der Waals surface area contributed by atoms with Crippen molar-refractivity contribution in [3.05, 3.63) is 48.0 Å². The van der Waals surface area contributed by atoms with Gasteiger partial charge in [-0.3, -0.25) is 4.79 Å². The van der Waals surface area contributed by atoms with Crippen LogP contribution in [0.4, 0.5) is 0 Å². The number of esters is 1. The van der Waals surface area contributed by atoms with Gasteiger partial charge in [0, 0.05) is 6.42 Å². The van der Waals surface area contributed by atoms with E-state index < -0.39 is 0 Å². The molecule has 0 spiro atoms. The summed E-state index contributed by atoms with van der Waals surface area (Å²) in [7, 11) is 0. The van der Waals surface area contributed by atoms with E-state index in [0.717, 1.165) is 18.4 Å². The molecular formula is C21H28O2. The van der Waals surface area contributed by atoms with Crippen LogP contribution < -0.4 is 0 Å². The van der Waals surface area contributed by atoms with E-state index in [2.05, 4.69) is 25.1 Å². The molecule has 0 bridgehead atoms. The van der Waals surface area contributed by atoms with Crippen molar-refractivity contribution in [3.8, 4) is 0 Å². The van der Waals surface area contributed by atoms with Crippen LogP contribution in [-0.2, 0) is 16.1 Å². The molecule has 0 unspecified atom stereocenters. The van der Waals surface area contributed by atoms with E-state index in [0.29, 0.717) is 13.0 Å². The SMILES string of the molecule is CCCCCCCCCC(=O)OCc1cccc2ccccc12. The Kier molecular flexibility index (Phi) is 7.65. The third-order valence-electron chi connectivity index (χ3n) is 4.25. The zero-order valence-electron chi connectivity index (χ0n) is 14.2. The van der Waals surface area contributed by atoms with Gasteiger partial charge in [0.05, 0.1) is 0 Å². The summed E-state index contributed by atoms with van der Waals surface area (Å²) < 4.78 is 5.44. The van der Waals surface area contributed by atoms with E-state index in [1.807, 2.05) is 24.3 Å². The highest BCUT2D eigenvalue weighted by Gasteiger charge is 2.05. The fourth-order valence-electron chi connectivity index (χ4n) is 2.88. The van der Waals surface area contributed by atoms with Crippen LogP contribution >= 0.6 is 0 Å². The number of carbonyl (C=O) groups is 1. The number of hydrogen-bond donors (Lipinski definition) is 0. The molecule has 0 aromatic heterocycles. The summed E-state index contributed by atoms with van der Waals surface area (Å²) in [4.78, 5) is 11.9. The Morgan fingerprint density at radius 1 is 0.870 bits per heavy atom. The highest BCUT2D eigenvalue weighted by molar-refractivity contribution is 5.85. The largest absolute Gasteiger partial charge is 0.461 e. The second-order valence-corrected chi connectivity index (χ2v) is 6.17. The summed E-state index contributed by atoms with van der Waals surface area (Å²) in [6, 6.07) is 14.3. The Morgan fingerprint density at radius 2 is 1.57 bits per heavy atom. The first kappa shape index (κ1) is 17.5. The molecular weight excluding hydrogens is 284 g/mol.